The Kier molecular flexibility index (Phi) is 45.2. The topological polar surface area (TPSA) is 101 Å². The third kappa shape index (κ3) is 43.8. The smallest absolute Gasteiger partial charge is 0.410 e. The van der Waals surface area contributed by atoms with Gasteiger partial charge in [0.25, 0.3) is 0 Å². The molecule has 0 N–H and O–H groups in total. The van der Waals surface area contributed by atoms with Gasteiger partial charge in [0.1, 0.15) is 17.2 Å². The Bertz CT molecular complexity index is 1960. The van der Waals surface area contributed by atoms with Crippen LogP contribution in [0.25, 0.3) is 0 Å². The number of Topliss-reactive ketones (excluding diaryl/α,β-unsaturated/α-hetero) is 2. The van der Waals surface area contributed by atoms with E-state index in [4.69, 9.17) is 4.74 Å². The van der Waals surface area contributed by atoms with E-state index in [1.807, 2.05) is 25.7 Å². The zero-order valence-electron chi connectivity index (χ0n) is 68.5. The van der Waals surface area contributed by atoms with Crippen molar-refractivity contribution in [2.45, 2.75) is 396 Å². The summed E-state index contributed by atoms with van der Waals surface area (Å²) in [6, 6.07) is 0. The van der Waals surface area contributed by atoms with Gasteiger partial charge in [-0.1, -0.05) is 292 Å². The molecule has 2 aliphatic heterocycles. The summed E-state index contributed by atoms with van der Waals surface area (Å²) < 4.78 is 29.5. The van der Waals surface area contributed by atoms with Crippen molar-refractivity contribution in [3.05, 3.63) is 0 Å². The molecular formula is C86H172N2O6S. The molecule has 0 bridgehead atoms. The Morgan fingerprint density at radius 2 is 0.589 bits per heavy atom. The van der Waals surface area contributed by atoms with E-state index in [-0.39, 0.29) is 8.95 Å². The minimum atomic E-state index is -2.96. The van der Waals surface area contributed by atoms with Gasteiger partial charge in [0, 0.05) is 40.9 Å². The molecule has 0 unspecified atom stereocenters. The minimum Gasteiger partial charge on any atom is -0.444 e. The third-order valence-corrected chi connectivity index (χ3v) is 25.9. The lowest BCUT2D eigenvalue weighted by atomic mass is 9.72. The number of ether oxygens (including phenoxy) is 1. The second kappa shape index (κ2) is 46.9. The molecule has 9 fully saturated rings. The van der Waals surface area contributed by atoms with Crippen molar-refractivity contribution < 1.29 is 30.4 Å². The Hall–Kier alpha value is -1.48. The third-order valence-electron chi connectivity index (χ3n) is 24.6. The lowest BCUT2D eigenvalue weighted by molar-refractivity contribution is -0.122. The number of piperidine rings is 2. The average Bonchev–Trinajstić information content (AvgIpc) is 0.870. The van der Waals surface area contributed by atoms with Gasteiger partial charge < -0.3 is 9.64 Å². The second-order valence-corrected chi connectivity index (χ2v) is 40.0. The fourth-order valence-electron chi connectivity index (χ4n) is 15.9. The van der Waals surface area contributed by atoms with Crippen molar-refractivity contribution in [1.82, 2.24) is 9.21 Å². The number of ketones is 2. The summed E-state index contributed by atoms with van der Waals surface area (Å²) in [5.74, 6) is 13.9. The van der Waals surface area contributed by atoms with Crippen molar-refractivity contribution in [2.24, 2.45) is 105 Å². The van der Waals surface area contributed by atoms with Crippen LogP contribution in [-0.2, 0) is 24.3 Å². The first-order valence-electron chi connectivity index (χ1n) is 41.0. The van der Waals surface area contributed by atoms with Gasteiger partial charge in [0.15, 0.2) is 0 Å². The van der Waals surface area contributed by atoms with Crippen molar-refractivity contribution in [1.29, 1.82) is 0 Å². The summed E-state index contributed by atoms with van der Waals surface area (Å²) in [5, 5.41) is 0. The number of amides is 1. The molecule has 9 heteroatoms. The molecule has 7 aliphatic carbocycles. The molecule has 9 rings (SSSR count). The van der Waals surface area contributed by atoms with Gasteiger partial charge in [0.05, 0.1) is 6.26 Å². The molecule has 568 valence electrons. The van der Waals surface area contributed by atoms with Gasteiger partial charge in [-0.25, -0.2) is 17.5 Å². The van der Waals surface area contributed by atoms with Crippen molar-refractivity contribution in [3.63, 3.8) is 0 Å². The maximum Gasteiger partial charge on any atom is 0.410 e. The van der Waals surface area contributed by atoms with Crippen molar-refractivity contribution >= 4 is 27.7 Å². The van der Waals surface area contributed by atoms with Crippen molar-refractivity contribution in [2.75, 3.05) is 32.4 Å². The number of nitrogens with zero attached hydrogens (tertiary/aromatic N) is 2. The standard InChI is InChI=1S/C14H27NO2.C10H21NO2S.C10H20.2C9H16O.2C9H18.2C8H16.2H2/c1-13(2,3)11-7-9-15(10-8-11)12(16)17-14(4,5)6;1-10(2,3)9-5-7-11(8-6-9)14(4,12)13;1-10(2,3)9-7-5-4-6-8-9;2*1-7-3-5-9(6-4-7)8(2)10;2*1-3-9-6-4-8(2)5-7-9;2*1-7-3-5-8(2)6-4-7;;/h11H,7-10H2,1-6H3;9H,5-8H2,1-4H3;9H,4-8H2,1-3H3;2*7,9H,3-6H2,1-2H3;2*8-9H,3-7H2,1-2H3;2*7-8H,3-6H2,1-2H3;2*1H. The Morgan fingerprint density at radius 1 is 0.358 bits per heavy atom. The summed E-state index contributed by atoms with van der Waals surface area (Å²) in [5.41, 5.74) is 0.835. The van der Waals surface area contributed by atoms with E-state index in [0.717, 1.165) is 130 Å². The molecule has 9 aliphatic rings. The average molecular weight is 1360 g/mol. The predicted octanol–water partition coefficient (Wildman–Crippen LogP) is 26.4. The molecule has 95 heavy (non-hydrogen) atoms. The highest BCUT2D eigenvalue weighted by Gasteiger charge is 2.34. The molecule has 7 saturated carbocycles. The maximum absolute atomic E-state index is 11.9. The molecular weight excluding hydrogens is 1190 g/mol. The van der Waals surface area contributed by atoms with Crippen LogP contribution in [0.1, 0.15) is 394 Å². The molecule has 0 aromatic heterocycles. The minimum absolute atomic E-state index is 0. The van der Waals surface area contributed by atoms with Crippen LogP contribution in [0.2, 0.25) is 0 Å². The quantitative estimate of drug-likeness (QED) is 0.272. The fourth-order valence-corrected chi connectivity index (χ4v) is 16.8. The lowest BCUT2D eigenvalue weighted by Crippen LogP contribution is -2.43. The monoisotopic (exact) mass is 1360 g/mol. The number of hydrogen-bond acceptors (Lipinski definition) is 6. The zero-order valence-corrected chi connectivity index (χ0v) is 69.3. The molecule has 2 saturated heterocycles. The highest BCUT2D eigenvalue weighted by molar-refractivity contribution is 7.88. The molecule has 0 spiro atoms. The summed E-state index contributed by atoms with van der Waals surface area (Å²) in [4.78, 5) is 35.5. The van der Waals surface area contributed by atoms with Crippen molar-refractivity contribution in [3.8, 4) is 0 Å². The highest BCUT2D eigenvalue weighted by atomic mass is 32.2. The van der Waals surface area contributed by atoms with Crippen LogP contribution in [0.4, 0.5) is 4.79 Å². The number of likely N-dealkylation sites (tertiary alicyclic amines) is 1. The van der Waals surface area contributed by atoms with E-state index in [0.29, 0.717) is 64.6 Å². The van der Waals surface area contributed by atoms with Crippen LogP contribution in [0.15, 0.2) is 0 Å². The number of rotatable bonds is 5. The molecule has 0 aromatic carbocycles. The summed E-state index contributed by atoms with van der Waals surface area (Å²) in [6.45, 7) is 56.3. The fraction of sp³-hybridized carbons (Fsp3) is 0.965. The number of sulfonamides is 1. The molecule has 1 amide bonds. The molecule has 0 radical (unpaired) electrons. The Labute approximate surface area is 598 Å². The Morgan fingerprint density at radius 3 is 0.800 bits per heavy atom. The van der Waals surface area contributed by atoms with Gasteiger partial charge >= 0.3 is 6.09 Å². The van der Waals surface area contributed by atoms with Crippen LogP contribution in [0, 0.1) is 105 Å². The van der Waals surface area contributed by atoms with E-state index in [2.05, 4.69) is 132 Å². The first-order valence-corrected chi connectivity index (χ1v) is 42.8. The largest absolute Gasteiger partial charge is 0.444 e. The van der Waals surface area contributed by atoms with Crippen LogP contribution < -0.4 is 0 Å². The summed E-state index contributed by atoms with van der Waals surface area (Å²) >= 11 is 0. The number of carbonyl (C=O) groups excluding carboxylic acids is 3. The lowest BCUT2D eigenvalue weighted by Gasteiger charge is -2.39. The van der Waals surface area contributed by atoms with Gasteiger partial charge in [-0.15, -0.1) is 0 Å². The van der Waals surface area contributed by atoms with E-state index in [1.165, 1.54) is 180 Å². The highest BCUT2D eigenvalue weighted by Crippen LogP contribution is 2.39. The van der Waals surface area contributed by atoms with E-state index in [1.54, 1.807) is 18.2 Å². The predicted molar refractivity (Wildman–Crippen MR) is 419 cm³/mol. The van der Waals surface area contributed by atoms with Crippen LogP contribution in [0.3, 0.4) is 0 Å². The number of hydrogen-bond donors (Lipinski definition) is 0. The zero-order chi connectivity index (χ0) is 72.3. The SMILES string of the molecule is CC(=O)C1CCC(C)CC1.CC(=O)C1CCC(C)CC1.CC(C)(C)C1CCCCC1.CC(C)(C)C1CCN(S(C)(=O)=O)CC1.CC(C)(C)OC(=O)N1CCC(C(C)(C)C)CC1.CC1CCC(C)CC1.CC1CCC(C)CC1.CCC1CCC(C)CC1.CCC1CCC(C)CC1.[HH].[HH]. The molecule has 0 aromatic rings. The second-order valence-electron chi connectivity index (χ2n) is 38.0. The molecule has 2 heterocycles. The van der Waals surface area contributed by atoms with E-state index < -0.39 is 15.6 Å². The van der Waals surface area contributed by atoms with Crippen LogP contribution in [-0.4, -0.2) is 73.3 Å². The normalized spacial score (nSPS) is 30.0. The van der Waals surface area contributed by atoms with Gasteiger partial charge in [0.2, 0.25) is 10.0 Å². The van der Waals surface area contributed by atoms with Gasteiger partial charge in [-0.05, 0) is 192 Å². The van der Waals surface area contributed by atoms with Crippen LogP contribution in [0.5, 0.6) is 0 Å². The van der Waals surface area contributed by atoms with Gasteiger partial charge in [-0.3, -0.25) is 9.59 Å². The Balaban J connectivity index is 0. The van der Waals surface area contributed by atoms with Gasteiger partial charge in [-0.2, -0.15) is 0 Å². The maximum atomic E-state index is 11.9. The molecule has 0 atom stereocenters. The molecule has 8 nitrogen and oxygen atoms in total. The summed E-state index contributed by atoms with van der Waals surface area (Å²) in [6.07, 6.45) is 48.8. The van der Waals surface area contributed by atoms with Crippen LogP contribution >= 0.6 is 0 Å². The number of carbonyl (C=O) groups is 3. The van der Waals surface area contributed by atoms with E-state index in [9.17, 15) is 22.8 Å². The first-order chi connectivity index (χ1) is 44.0. The van der Waals surface area contributed by atoms with E-state index >= 15 is 0 Å². The summed E-state index contributed by atoms with van der Waals surface area (Å²) in [7, 11) is -2.96. The first kappa shape index (κ1) is 91.5.